The quantitative estimate of drug-likeness (QED) is 0.199. The summed E-state index contributed by atoms with van der Waals surface area (Å²) in [6, 6.07) is 15.3. The van der Waals surface area contributed by atoms with E-state index >= 15 is 0 Å². The van der Waals surface area contributed by atoms with Crippen molar-refractivity contribution < 1.29 is 27.8 Å². The van der Waals surface area contributed by atoms with Crippen molar-refractivity contribution in [1.82, 2.24) is 14.9 Å². The molecule has 212 valence electrons. The summed E-state index contributed by atoms with van der Waals surface area (Å²) in [7, 11) is 1.62. The number of hydrogen-bond donors (Lipinski definition) is 0. The first-order chi connectivity index (χ1) is 18.9. The molecule has 4 aromatic rings. The van der Waals surface area contributed by atoms with E-state index in [2.05, 4.69) is 9.88 Å². The van der Waals surface area contributed by atoms with Gasteiger partial charge in [-0.1, -0.05) is 18.2 Å². The molecule has 0 spiro atoms. The molecular weight excluding hydrogens is 510 g/mol. The van der Waals surface area contributed by atoms with Gasteiger partial charge in [0.1, 0.15) is 29.1 Å². The molecule has 0 saturated carbocycles. The van der Waals surface area contributed by atoms with Crippen LogP contribution in [0.2, 0.25) is 0 Å². The highest BCUT2D eigenvalue weighted by atomic mass is 16.6. The minimum atomic E-state index is -1.19. The summed E-state index contributed by atoms with van der Waals surface area (Å²) >= 11 is 0. The molecule has 40 heavy (non-hydrogen) atoms. The van der Waals surface area contributed by atoms with Crippen LogP contribution >= 0.6 is 0 Å². The number of nitrogens with zero attached hydrogens (tertiary/aromatic N) is 3. The van der Waals surface area contributed by atoms with Crippen LogP contribution in [0.4, 0.5) is 0 Å². The van der Waals surface area contributed by atoms with Crippen molar-refractivity contribution in [2.45, 2.75) is 72.4 Å². The molecule has 0 aliphatic carbocycles. The van der Waals surface area contributed by atoms with E-state index in [1.165, 1.54) is 0 Å². The summed E-state index contributed by atoms with van der Waals surface area (Å²) in [6.07, 6.45) is 3.17. The number of oxazole rings is 2. The Labute approximate surface area is 235 Å². The van der Waals surface area contributed by atoms with Crippen molar-refractivity contribution in [3.05, 3.63) is 83.9 Å². The van der Waals surface area contributed by atoms with E-state index in [1.54, 1.807) is 39.5 Å². The number of rotatable bonds is 11. The fraction of sp³-hybridized carbons (Fsp3) is 0.387. The number of aromatic nitrogens is 2. The smallest absolute Gasteiger partial charge is 0.350 e. The van der Waals surface area contributed by atoms with Crippen LogP contribution in [0.3, 0.4) is 0 Å². The lowest BCUT2D eigenvalue weighted by Crippen LogP contribution is -2.43. The third kappa shape index (κ3) is 7.51. The van der Waals surface area contributed by atoms with E-state index in [1.807, 2.05) is 70.2 Å². The second-order valence-electron chi connectivity index (χ2n) is 11.0. The van der Waals surface area contributed by atoms with Crippen molar-refractivity contribution in [3.63, 3.8) is 0 Å². The van der Waals surface area contributed by atoms with Gasteiger partial charge in [0, 0.05) is 24.2 Å². The Kier molecular flexibility index (Phi) is 8.64. The predicted molar refractivity (Wildman–Crippen MR) is 150 cm³/mol. The Morgan fingerprint density at radius 3 is 2.40 bits per heavy atom. The fourth-order valence-corrected chi connectivity index (χ4v) is 4.10. The Balaban J connectivity index is 1.59. The second-order valence-corrected chi connectivity index (χ2v) is 11.0. The number of carbonyl (C=O) groups excluding carboxylic acids is 1. The number of carbonyl (C=O) groups is 1. The van der Waals surface area contributed by atoms with E-state index in [4.69, 9.17) is 28.0 Å². The van der Waals surface area contributed by atoms with Crippen LogP contribution in [0.25, 0.3) is 11.5 Å². The molecule has 2 aromatic heterocycles. The zero-order valence-corrected chi connectivity index (χ0v) is 24.2. The van der Waals surface area contributed by atoms with Crippen LogP contribution < -0.4 is 9.47 Å². The maximum absolute atomic E-state index is 12.8. The standard InChI is InChI=1S/C31H37N3O6/c1-21-25(33-28(38-21)22-11-9-8-10-12-22)19-34(20-27-32-15-16-37-27)18-23-17-24(13-14-26(23)36-7)39-31(5,6)29(35)40-30(2,3)4/h8-17H,18-20H2,1-7H3. The molecule has 0 bridgehead atoms. The predicted octanol–water partition coefficient (Wildman–Crippen LogP) is 6.35. The van der Waals surface area contributed by atoms with Gasteiger partial charge in [0.05, 0.1) is 25.5 Å². The molecule has 0 unspecified atom stereocenters. The molecule has 0 aliphatic rings. The normalized spacial score (nSPS) is 12.0. The average molecular weight is 548 g/mol. The number of methoxy groups -OCH3 is 1. The van der Waals surface area contributed by atoms with Gasteiger partial charge in [-0.25, -0.2) is 14.8 Å². The van der Waals surface area contributed by atoms with E-state index in [-0.39, 0.29) is 0 Å². The summed E-state index contributed by atoms with van der Waals surface area (Å²) < 4.78 is 28.9. The van der Waals surface area contributed by atoms with Crippen molar-refractivity contribution in [1.29, 1.82) is 0 Å². The molecule has 0 atom stereocenters. The lowest BCUT2D eigenvalue weighted by Gasteiger charge is -2.29. The van der Waals surface area contributed by atoms with Crippen LogP contribution in [-0.2, 0) is 29.2 Å². The molecule has 0 fully saturated rings. The molecular formula is C31H37N3O6. The zero-order valence-electron chi connectivity index (χ0n) is 24.2. The second kappa shape index (κ2) is 12.0. The molecule has 0 aliphatic heterocycles. The van der Waals surface area contributed by atoms with Gasteiger partial charge in [0.2, 0.25) is 11.8 Å². The van der Waals surface area contributed by atoms with Crippen molar-refractivity contribution in [2.24, 2.45) is 0 Å². The van der Waals surface area contributed by atoms with Gasteiger partial charge < -0.3 is 23.0 Å². The molecule has 9 nitrogen and oxygen atoms in total. The number of hydrogen-bond acceptors (Lipinski definition) is 9. The Hall–Kier alpha value is -4.11. The van der Waals surface area contributed by atoms with Crippen LogP contribution in [-0.4, -0.2) is 39.1 Å². The SMILES string of the molecule is COc1ccc(OC(C)(C)C(=O)OC(C)(C)C)cc1CN(Cc1ncco1)Cc1nc(-c2ccccc2)oc1C. The first-order valence-electron chi connectivity index (χ1n) is 13.2. The third-order valence-electron chi connectivity index (χ3n) is 6.04. The first-order valence-corrected chi connectivity index (χ1v) is 13.2. The van der Waals surface area contributed by atoms with Gasteiger partial charge in [-0.15, -0.1) is 0 Å². The third-order valence-corrected chi connectivity index (χ3v) is 6.04. The van der Waals surface area contributed by atoms with Crippen LogP contribution in [0.1, 0.15) is 57.5 Å². The van der Waals surface area contributed by atoms with Gasteiger partial charge in [-0.3, -0.25) is 4.90 Å². The average Bonchev–Trinajstić information content (AvgIpc) is 3.53. The topological polar surface area (TPSA) is 100 Å². The Morgan fingerprint density at radius 2 is 1.75 bits per heavy atom. The van der Waals surface area contributed by atoms with E-state index in [0.29, 0.717) is 42.9 Å². The zero-order chi connectivity index (χ0) is 28.9. The minimum Gasteiger partial charge on any atom is -0.496 e. The van der Waals surface area contributed by atoms with Crippen LogP contribution in [0.15, 0.2) is 69.8 Å². The highest BCUT2D eigenvalue weighted by Crippen LogP contribution is 2.30. The number of ether oxygens (including phenoxy) is 3. The van der Waals surface area contributed by atoms with Gasteiger partial charge in [0.25, 0.3) is 0 Å². The molecule has 2 heterocycles. The number of aryl methyl sites for hydroxylation is 1. The minimum absolute atomic E-state index is 0.428. The molecule has 0 amide bonds. The summed E-state index contributed by atoms with van der Waals surface area (Å²) in [6.45, 7) is 12.1. The summed E-state index contributed by atoms with van der Waals surface area (Å²) in [5.74, 6) is 2.63. The van der Waals surface area contributed by atoms with Crippen molar-refractivity contribution in [3.8, 4) is 23.0 Å². The van der Waals surface area contributed by atoms with Crippen molar-refractivity contribution >= 4 is 5.97 Å². The summed E-state index contributed by atoms with van der Waals surface area (Å²) in [4.78, 5) is 24.0. The van der Waals surface area contributed by atoms with Crippen LogP contribution in [0.5, 0.6) is 11.5 Å². The summed E-state index contributed by atoms with van der Waals surface area (Å²) in [5.41, 5.74) is 0.764. The maximum atomic E-state index is 12.8. The van der Waals surface area contributed by atoms with E-state index < -0.39 is 17.2 Å². The van der Waals surface area contributed by atoms with E-state index in [9.17, 15) is 4.79 Å². The molecule has 9 heteroatoms. The first kappa shape index (κ1) is 28.9. The highest BCUT2D eigenvalue weighted by Gasteiger charge is 2.35. The van der Waals surface area contributed by atoms with Gasteiger partial charge in [-0.2, -0.15) is 0 Å². The summed E-state index contributed by atoms with van der Waals surface area (Å²) in [5, 5.41) is 0. The maximum Gasteiger partial charge on any atom is 0.350 e. The monoisotopic (exact) mass is 547 g/mol. The molecule has 0 radical (unpaired) electrons. The Morgan fingerprint density at radius 1 is 1.00 bits per heavy atom. The lowest BCUT2D eigenvalue weighted by molar-refractivity contribution is -0.170. The molecule has 0 N–H and O–H groups in total. The number of esters is 1. The number of benzene rings is 2. The Bertz CT molecular complexity index is 1400. The molecule has 4 rings (SSSR count). The largest absolute Gasteiger partial charge is 0.496 e. The fourth-order valence-electron chi connectivity index (χ4n) is 4.10. The van der Waals surface area contributed by atoms with Gasteiger partial charge >= 0.3 is 5.97 Å². The van der Waals surface area contributed by atoms with E-state index in [0.717, 1.165) is 22.6 Å². The van der Waals surface area contributed by atoms with Gasteiger partial charge in [-0.05, 0) is 71.9 Å². The highest BCUT2D eigenvalue weighted by molar-refractivity contribution is 5.79. The van der Waals surface area contributed by atoms with Gasteiger partial charge in [0.15, 0.2) is 5.60 Å². The molecule has 0 saturated heterocycles. The molecule has 2 aromatic carbocycles. The van der Waals surface area contributed by atoms with Crippen molar-refractivity contribution in [2.75, 3.05) is 7.11 Å². The van der Waals surface area contributed by atoms with Crippen LogP contribution in [0, 0.1) is 6.92 Å². The lowest BCUT2D eigenvalue weighted by atomic mass is 10.1.